The molecule has 3 rings (SSSR count). The molecule has 0 aliphatic heterocycles. The van der Waals surface area contributed by atoms with Crippen molar-refractivity contribution in [2.45, 2.75) is 0 Å². The van der Waals surface area contributed by atoms with Crippen molar-refractivity contribution < 1.29 is 13.6 Å². The number of nitriles is 1. The van der Waals surface area contributed by atoms with Crippen LogP contribution in [0, 0.1) is 17.1 Å². The van der Waals surface area contributed by atoms with Gasteiger partial charge in [-0.2, -0.15) is 5.26 Å². The Morgan fingerprint density at radius 2 is 2.08 bits per heavy atom. The zero-order valence-electron chi connectivity index (χ0n) is 13.2. The van der Waals surface area contributed by atoms with Crippen LogP contribution in [0.3, 0.4) is 0 Å². The molecule has 1 aromatic heterocycles. The molecule has 1 N–H and O–H groups in total. The molecule has 1 heterocycles. The number of benzene rings is 2. The van der Waals surface area contributed by atoms with Crippen LogP contribution >= 0.6 is 0 Å². The summed E-state index contributed by atoms with van der Waals surface area (Å²) >= 11 is 0. The number of anilines is 2. The lowest BCUT2D eigenvalue weighted by molar-refractivity contribution is 0.214. The minimum atomic E-state index is -0.318. The van der Waals surface area contributed by atoms with Gasteiger partial charge in [0.2, 0.25) is 0 Å². The third-order valence-corrected chi connectivity index (χ3v) is 3.31. The van der Waals surface area contributed by atoms with E-state index < -0.39 is 0 Å². The number of hydrogen-bond donors (Lipinski definition) is 1. The first-order valence-corrected chi connectivity index (χ1v) is 7.30. The molecule has 124 valence electrons. The van der Waals surface area contributed by atoms with Gasteiger partial charge in [0, 0.05) is 16.8 Å². The Balaban J connectivity index is 1.84. The Bertz CT molecular complexity index is 942. The largest absolute Gasteiger partial charge is 0.423 e. The summed E-state index contributed by atoms with van der Waals surface area (Å²) in [5.41, 5.74) is 2.15. The monoisotopic (exact) mass is 336 g/mol. The molecule has 0 amide bonds. The molecule has 0 atom stereocenters. The molecular formula is C18H13FN4O2. The number of nitrogens with one attached hydrogen (secondary N) is 1. The fourth-order valence-electron chi connectivity index (χ4n) is 2.17. The van der Waals surface area contributed by atoms with Crippen molar-refractivity contribution in [1.82, 2.24) is 4.98 Å². The molecule has 0 unspecified atom stereocenters. The summed E-state index contributed by atoms with van der Waals surface area (Å²) < 4.78 is 18.6. The highest BCUT2D eigenvalue weighted by Gasteiger charge is 2.10. The second kappa shape index (κ2) is 7.27. The quantitative estimate of drug-likeness (QED) is 0.560. The molecule has 0 fully saturated rings. The lowest BCUT2D eigenvalue weighted by Gasteiger charge is -2.02. The highest BCUT2D eigenvalue weighted by molar-refractivity contribution is 6.11. The van der Waals surface area contributed by atoms with Gasteiger partial charge in [-0.1, -0.05) is 23.4 Å². The van der Waals surface area contributed by atoms with Crippen LogP contribution in [0.5, 0.6) is 0 Å². The van der Waals surface area contributed by atoms with Gasteiger partial charge >= 0.3 is 0 Å². The van der Waals surface area contributed by atoms with Crippen molar-refractivity contribution in [2.75, 3.05) is 12.4 Å². The molecule has 3 aromatic rings. The minimum Gasteiger partial charge on any atom is -0.423 e. The van der Waals surface area contributed by atoms with Crippen molar-refractivity contribution in [3.63, 3.8) is 0 Å². The Labute approximate surface area is 143 Å². The van der Waals surface area contributed by atoms with Crippen LogP contribution < -0.4 is 5.32 Å². The second-order valence-electron chi connectivity index (χ2n) is 4.98. The normalized spacial score (nSPS) is 11.0. The third-order valence-electron chi connectivity index (χ3n) is 3.31. The van der Waals surface area contributed by atoms with E-state index in [0.717, 1.165) is 5.56 Å². The Morgan fingerprint density at radius 3 is 2.80 bits per heavy atom. The van der Waals surface area contributed by atoms with Crippen molar-refractivity contribution in [1.29, 1.82) is 5.26 Å². The molecule has 25 heavy (non-hydrogen) atoms. The molecule has 2 aromatic carbocycles. The van der Waals surface area contributed by atoms with Gasteiger partial charge in [-0.3, -0.25) is 0 Å². The lowest BCUT2D eigenvalue weighted by atomic mass is 10.1. The summed E-state index contributed by atoms with van der Waals surface area (Å²) in [4.78, 5) is 8.82. The molecule has 0 saturated carbocycles. The van der Waals surface area contributed by atoms with Crippen molar-refractivity contribution in [2.24, 2.45) is 5.16 Å². The Kier molecular flexibility index (Phi) is 4.72. The first-order chi connectivity index (χ1) is 12.2. The predicted molar refractivity (Wildman–Crippen MR) is 90.8 cm³/mol. The van der Waals surface area contributed by atoms with Crippen molar-refractivity contribution >= 4 is 17.4 Å². The van der Waals surface area contributed by atoms with E-state index in [0.29, 0.717) is 17.0 Å². The number of oxime groups is 1. The van der Waals surface area contributed by atoms with E-state index in [1.807, 2.05) is 12.1 Å². The van der Waals surface area contributed by atoms with Gasteiger partial charge in [0.25, 0.3) is 6.01 Å². The summed E-state index contributed by atoms with van der Waals surface area (Å²) in [5, 5.41) is 15.8. The van der Waals surface area contributed by atoms with Crippen LogP contribution in [-0.2, 0) is 4.84 Å². The molecule has 7 heteroatoms. The number of rotatable bonds is 5. The van der Waals surface area contributed by atoms with Crippen LogP contribution in [0.1, 0.15) is 5.56 Å². The van der Waals surface area contributed by atoms with Gasteiger partial charge < -0.3 is 14.6 Å². The average Bonchev–Trinajstić information content (AvgIpc) is 3.10. The predicted octanol–water partition coefficient (Wildman–Crippen LogP) is 4.10. The van der Waals surface area contributed by atoms with Crippen LogP contribution in [-0.4, -0.2) is 17.8 Å². The highest BCUT2D eigenvalue weighted by Crippen LogP contribution is 2.25. The number of hydrogen-bond acceptors (Lipinski definition) is 6. The average molecular weight is 336 g/mol. The van der Waals surface area contributed by atoms with E-state index >= 15 is 0 Å². The van der Waals surface area contributed by atoms with Gasteiger partial charge in [-0.05, 0) is 30.3 Å². The van der Waals surface area contributed by atoms with Crippen LogP contribution in [0.2, 0.25) is 0 Å². The van der Waals surface area contributed by atoms with Gasteiger partial charge in [0.1, 0.15) is 19.0 Å². The van der Waals surface area contributed by atoms with Crippen LogP contribution in [0.15, 0.2) is 64.3 Å². The standard InChI is InChI=1S/C18H13FN4O2/c1-24-23-16(10-20)12-3-2-4-13(9-12)17-11-21-18(25-17)22-15-7-5-14(19)6-8-15/h2-9,11H,1H3,(H,21,22)/b23-16-. The van der Waals surface area contributed by atoms with E-state index in [2.05, 4.69) is 20.3 Å². The Hall–Kier alpha value is -3.66. The maximum atomic E-state index is 12.9. The van der Waals surface area contributed by atoms with E-state index in [9.17, 15) is 4.39 Å². The van der Waals surface area contributed by atoms with E-state index in [1.54, 1.807) is 36.5 Å². The number of oxazole rings is 1. The van der Waals surface area contributed by atoms with E-state index in [-0.39, 0.29) is 17.5 Å². The zero-order chi connectivity index (χ0) is 17.6. The second-order valence-corrected chi connectivity index (χ2v) is 4.98. The lowest BCUT2D eigenvalue weighted by Crippen LogP contribution is -1.97. The SMILES string of the molecule is CO/N=C(/C#N)c1cccc(-c2cnc(Nc3ccc(F)cc3)o2)c1. The topological polar surface area (TPSA) is 83.4 Å². The summed E-state index contributed by atoms with van der Waals surface area (Å²) in [6.07, 6.45) is 1.56. The summed E-state index contributed by atoms with van der Waals surface area (Å²) in [7, 11) is 1.38. The maximum Gasteiger partial charge on any atom is 0.299 e. The maximum absolute atomic E-state index is 12.9. The van der Waals surface area contributed by atoms with Crippen molar-refractivity contribution in [3.05, 3.63) is 66.1 Å². The van der Waals surface area contributed by atoms with Gasteiger partial charge in [0.05, 0.1) is 6.20 Å². The minimum absolute atomic E-state index is 0.161. The fourth-order valence-corrected chi connectivity index (χ4v) is 2.17. The molecule has 0 aliphatic rings. The molecular weight excluding hydrogens is 323 g/mol. The summed E-state index contributed by atoms with van der Waals surface area (Å²) in [5.74, 6) is 0.197. The van der Waals surface area contributed by atoms with E-state index in [4.69, 9.17) is 9.68 Å². The van der Waals surface area contributed by atoms with Crippen LogP contribution in [0.25, 0.3) is 11.3 Å². The van der Waals surface area contributed by atoms with Crippen LogP contribution in [0.4, 0.5) is 16.1 Å². The number of aromatic nitrogens is 1. The zero-order valence-corrected chi connectivity index (χ0v) is 13.2. The molecule has 0 radical (unpaired) electrons. The van der Waals surface area contributed by atoms with Gasteiger partial charge in [0.15, 0.2) is 11.5 Å². The van der Waals surface area contributed by atoms with E-state index in [1.165, 1.54) is 19.2 Å². The summed E-state index contributed by atoms with van der Waals surface area (Å²) in [6, 6.07) is 15.2. The molecule has 6 nitrogen and oxygen atoms in total. The fraction of sp³-hybridized carbons (Fsp3) is 0.0556. The first-order valence-electron chi connectivity index (χ1n) is 7.30. The number of nitrogens with zero attached hydrogens (tertiary/aromatic N) is 3. The first kappa shape index (κ1) is 16.2. The molecule has 0 bridgehead atoms. The highest BCUT2D eigenvalue weighted by atomic mass is 19.1. The van der Waals surface area contributed by atoms with Crippen molar-refractivity contribution in [3.8, 4) is 17.4 Å². The Morgan fingerprint density at radius 1 is 1.28 bits per heavy atom. The molecule has 0 spiro atoms. The smallest absolute Gasteiger partial charge is 0.299 e. The van der Waals surface area contributed by atoms with Gasteiger partial charge in [-0.25, -0.2) is 9.37 Å². The third kappa shape index (κ3) is 3.82. The number of halogens is 1. The molecule has 0 saturated heterocycles. The molecule has 0 aliphatic carbocycles. The van der Waals surface area contributed by atoms with Gasteiger partial charge in [-0.15, -0.1) is 0 Å². The summed E-state index contributed by atoms with van der Waals surface area (Å²) in [6.45, 7) is 0.